The number of ketones is 2. The van der Waals surface area contributed by atoms with Crippen LogP contribution in [0.15, 0.2) is 0 Å². The lowest BCUT2D eigenvalue weighted by molar-refractivity contribution is -0.156. The number of hydrogen-bond donors (Lipinski definition) is 1. The third-order valence-electron chi connectivity index (χ3n) is 1.08. The number of carboxylic acids is 1. The maximum absolute atomic E-state index is 11.5. The number of rotatable bonds is 4. The maximum atomic E-state index is 11.5. The van der Waals surface area contributed by atoms with Gasteiger partial charge in [-0.05, 0) is 0 Å². The predicted octanol–water partition coefficient (Wildman–Crippen LogP) is -0.273. The van der Waals surface area contributed by atoms with Gasteiger partial charge in [-0.2, -0.15) is 13.2 Å². The molecular weight excluding hydrogens is 209 g/mol. The molecule has 0 aromatic heterocycles. The average Bonchev–Trinajstić information content (AvgIpc) is 1.97. The molecule has 0 fully saturated rings. The second kappa shape index (κ2) is 5.32. The van der Waals surface area contributed by atoms with Crippen LogP contribution in [-0.4, -0.2) is 34.3 Å². The highest BCUT2D eigenvalue weighted by Gasteiger charge is 2.31. The summed E-state index contributed by atoms with van der Waals surface area (Å²) in [5, 5.41) is 7.93. The summed E-state index contributed by atoms with van der Waals surface area (Å²) in [5.74, 6) is -5.39. The molecule has 0 aliphatic heterocycles. The van der Waals surface area contributed by atoms with Crippen LogP contribution in [0, 0.1) is 0 Å². The number of alkyl halides is 3. The Morgan fingerprint density at radius 2 is 1.57 bits per heavy atom. The Balaban J connectivity index is 0. The smallest absolute Gasteiger partial charge is 0.389 e. The Morgan fingerprint density at radius 3 is 1.86 bits per heavy atom. The maximum Gasteiger partial charge on any atom is 0.389 e. The first-order valence-electron chi connectivity index (χ1n) is 3.11. The first-order chi connectivity index (χ1) is 5.74. The Labute approximate surface area is 75.8 Å². The van der Waals surface area contributed by atoms with Gasteiger partial charge in [0.15, 0.2) is 0 Å². The third kappa shape index (κ3) is 6.12. The topological polar surface area (TPSA) is 103 Å². The molecule has 0 aliphatic carbocycles. The van der Waals surface area contributed by atoms with Crippen molar-refractivity contribution in [1.82, 2.24) is 0 Å². The van der Waals surface area contributed by atoms with Crippen LogP contribution in [0.4, 0.5) is 13.2 Å². The number of hydrogen-bond acceptors (Lipinski definition) is 3. The lowest BCUT2D eigenvalue weighted by Crippen LogP contribution is -2.24. The molecule has 0 atom stereocenters. The van der Waals surface area contributed by atoms with Crippen molar-refractivity contribution in [3.8, 4) is 0 Å². The third-order valence-corrected chi connectivity index (χ3v) is 1.08. The monoisotopic (exact) mass is 216 g/mol. The van der Waals surface area contributed by atoms with Gasteiger partial charge >= 0.3 is 17.9 Å². The molecule has 0 aromatic rings. The molecule has 0 aliphatic rings. The highest BCUT2D eigenvalue weighted by molar-refractivity contribution is 6.61. The second-order valence-corrected chi connectivity index (χ2v) is 2.17. The SMILES string of the molecule is O.O=C(O)C(=O)C(=O)CCC(F)(F)F. The van der Waals surface area contributed by atoms with E-state index < -0.39 is 36.6 Å². The van der Waals surface area contributed by atoms with E-state index in [1.54, 1.807) is 0 Å². The molecule has 0 spiro atoms. The van der Waals surface area contributed by atoms with Crippen molar-refractivity contribution < 1.29 is 38.1 Å². The summed E-state index contributed by atoms with van der Waals surface area (Å²) in [6, 6.07) is 0. The van der Waals surface area contributed by atoms with Crippen molar-refractivity contribution in [1.29, 1.82) is 0 Å². The molecule has 0 saturated carbocycles. The Morgan fingerprint density at radius 1 is 1.14 bits per heavy atom. The van der Waals surface area contributed by atoms with E-state index in [0.29, 0.717) is 0 Å². The van der Waals surface area contributed by atoms with E-state index in [1.165, 1.54) is 0 Å². The van der Waals surface area contributed by atoms with Crippen molar-refractivity contribution in [3.05, 3.63) is 0 Å². The van der Waals surface area contributed by atoms with E-state index in [0.717, 1.165) is 0 Å². The van der Waals surface area contributed by atoms with E-state index in [1.807, 2.05) is 0 Å². The summed E-state index contributed by atoms with van der Waals surface area (Å²) in [5.41, 5.74) is 0. The van der Waals surface area contributed by atoms with Crippen LogP contribution in [0.25, 0.3) is 0 Å². The molecule has 14 heavy (non-hydrogen) atoms. The molecule has 0 rings (SSSR count). The first-order valence-corrected chi connectivity index (χ1v) is 3.11. The minimum Gasteiger partial charge on any atom is -0.475 e. The molecule has 0 unspecified atom stereocenters. The van der Waals surface area contributed by atoms with Crippen molar-refractivity contribution in [2.24, 2.45) is 0 Å². The minimum atomic E-state index is -4.56. The fourth-order valence-corrected chi connectivity index (χ4v) is 0.488. The van der Waals surface area contributed by atoms with Crippen molar-refractivity contribution in [2.75, 3.05) is 0 Å². The zero-order valence-corrected chi connectivity index (χ0v) is 6.72. The van der Waals surface area contributed by atoms with Crippen LogP contribution in [0.3, 0.4) is 0 Å². The summed E-state index contributed by atoms with van der Waals surface area (Å²) in [7, 11) is 0. The summed E-state index contributed by atoms with van der Waals surface area (Å²) < 4.78 is 34.4. The zero-order valence-electron chi connectivity index (χ0n) is 6.72. The molecule has 0 aromatic carbocycles. The van der Waals surface area contributed by atoms with Gasteiger partial charge < -0.3 is 10.6 Å². The number of aliphatic carboxylic acids is 1. The Kier molecular flexibility index (Phi) is 5.72. The van der Waals surface area contributed by atoms with Crippen molar-refractivity contribution in [3.63, 3.8) is 0 Å². The van der Waals surface area contributed by atoms with Gasteiger partial charge in [-0.1, -0.05) is 0 Å². The van der Waals surface area contributed by atoms with E-state index >= 15 is 0 Å². The van der Waals surface area contributed by atoms with E-state index in [4.69, 9.17) is 5.11 Å². The van der Waals surface area contributed by atoms with Gasteiger partial charge in [-0.15, -0.1) is 0 Å². The molecule has 0 saturated heterocycles. The van der Waals surface area contributed by atoms with Gasteiger partial charge in [-0.25, -0.2) is 4.79 Å². The summed E-state index contributed by atoms with van der Waals surface area (Å²) in [6.07, 6.45) is -7.16. The van der Waals surface area contributed by atoms with E-state index in [2.05, 4.69) is 0 Å². The largest absolute Gasteiger partial charge is 0.475 e. The standard InChI is InChI=1S/C6H5F3O4.H2O/c7-6(8,9)2-1-3(10)4(11)5(12)13;/h1-2H2,(H,12,13);1H2. The van der Waals surface area contributed by atoms with Gasteiger partial charge in [-0.3, -0.25) is 9.59 Å². The normalized spacial score (nSPS) is 10.2. The number of Topliss-reactive ketones (excluding diaryl/α,β-unsaturated/α-hetero) is 2. The molecule has 82 valence electrons. The van der Waals surface area contributed by atoms with Crippen LogP contribution in [0.5, 0.6) is 0 Å². The summed E-state index contributed by atoms with van der Waals surface area (Å²) in [6.45, 7) is 0. The fraction of sp³-hybridized carbons (Fsp3) is 0.500. The number of carboxylic acid groups (broad SMARTS) is 1. The lowest BCUT2D eigenvalue weighted by atomic mass is 10.1. The second-order valence-electron chi connectivity index (χ2n) is 2.17. The first kappa shape index (κ1) is 15.1. The average molecular weight is 216 g/mol. The number of carbonyl (C=O) groups is 3. The van der Waals surface area contributed by atoms with E-state index in [9.17, 15) is 27.6 Å². The Bertz CT molecular complexity index is 244. The van der Waals surface area contributed by atoms with Crippen LogP contribution >= 0.6 is 0 Å². The summed E-state index contributed by atoms with van der Waals surface area (Å²) >= 11 is 0. The highest BCUT2D eigenvalue weighted by Crippen LogP contribution is 2.21. The quantitative estimate of drug-likeness (QED) is 0.515. The molecule has 5 nitrogen and oxygen atoms in total. The van der Waals surface area contributed by atoms with E-state index in [-0.39, 0.29) is 5.48 Å². The van der Waals surface area contributed by atoms with Gasteiger partial charge in [0.25, 0.3) is 0 Å². The van der Waals surface area contributed by atoms with Crippen molar-refractivity contribution in [2.45, 2.75) is 19.0 Å². The molecule has 0 amide bonds. The van der Waals surface area contributed by atoms with Gasteiger partial charge in [0, 0.05) is 6.42 Å². The lowest BCUT2D eigenvalue weighted by Gasteiger charge is -2.02. The van der Waals surface area contributed by atoms with Crippen LogP contribution in [0.1, 0.15) is 12.8 Å². The van der Waals surface area contributed by atoms with Crippen LogP contribution < -0.4 is 0 Å². The fourth-order valence-electron chi connectivity index (χ4n) is 0.488. The molecule has 8 heteroatoms. The highest BCUT2D eigenvalue weighted by atomic mass is 19.4. The number of carbonyl (C=O) groups excluding carboxylic acids is 2. The van der Waals surface area contributed by atoms with Gasteiger partial charge in [0.2, 0.25) is 5.78 Å². The molecule has 3 N–H and O–H groups in total. The molecule has 0 bridgehead atoms. The predicted molar refractivity (Wildman–Crippen MR) is 36.6 cm³/mol. The van der Waals surface area contributed by atoms with Crippen LogP contribution in [-0.2, 0) is 14.4 Å². The Hall–Kier alpha value is -1.44. The molecular formula is C6H7F3O5. The summed E-state index contributed by atoms with van der Waals surface area (Å²) in [4.78, 5) is 30.5. The van der Waals surface area contributed by atoms with Crippen LogP contribution in [0.2, 0.25) is 0 Å². The van der Waals surface area contributed by atoms with Gasteiger partial charge in [0.1, 0.15) is 0 Å². The zero-order chi connectivity index (χ0) is 10.6. The molecule has 0 radical (unpaired) electrons. The number of halogens is 3. The molecule has 0 heterocycles. The van der Waals surface area contributed by atoms with Crippen molar-refractivity contribution >= 4 is 17.5 Å². The van der Waals surface area contributed by atoms with Gasteiger partial charge in [0.05, 0.1) is 6.42 Å². The minimum absolute atomic E-state index is 0.